The average Bonchev–Trinajstić information content (AvgIpc) is 3.05. The number of ether oxygens (including phenoxy) is 1. The quantitative estimate of drug-likeness (QED) is 0.564. The lowest BCUT2D eigenvalue weighted by Crippen LogP contribution is -2.58. The van der Waals surface area contributed by atoms with Crippen LogP contribution in [0.15, 0.2) is 6.07 Å². The van der Waals surface area contributed by atoms with Crippen molar-refractivity contribution in [3.63, 3.8) is 0 Å². The minimum absolute atomic E-state index is 0.179. The SMILES string of the molecule is Cc1cc(C(C)(C)O[SiH2]C(C)(C)C(C)C)nc2c1C[C@@H]1CN(C(=O)OC(C)(C)C)C[C@@H](C)N21. The van der Waals surface area contributed by atoms with E-state index in [-0.39, 0.29) is 23.2 Å². The van der Waals surface area contributed by atoms with Crippen molar-refractivity contribution in [3.05, 3.63) is 22.9 Å². The predicted molar refractivity (Wildman–Crippen MR) is 138 cm³/mol. The van der Waals surface area contributed by atoms with E-state index in [0.29, 0.717) is 19.0 Å². The Bertz CT molecular complexity index is 892. The Kier molecular flexibility index (Phi) is 7.00. The molecule has 0 saturated carbocycles. The van der Waals surface area contributed by atoms with Crippen molar-refractivity contribution in [3.8, 4) is 0 Å². The Hall–Kier alpha value is -1.60. The Morgan fingerprint density at radius 1 is 1.15 bits per heavy atom. The number of aryl methyl sites for hydroxylation is 1. The molecule has 2 aliphatic rings. The van der Waals surface area contributed by atoms with Crippen LogP contribution in [0.5, 0.6) is 0 Å². The van der Waals surface area contributed by atoms with Gasteiger partial charge in [0.05, 0.1) is 17.3 Å². The number of carbonyl (C=O) groups excluding carboxylic acids is 1. The molecule has 1 aromatic rings. The number of carbonyl (C=O) groups is 1. The number of fused-ring (bicyclic) bond motifs is 3. The van der Waals surface area contributed by atoms with Gasteiger partial charge in [0.25, 0.3) is 0 Å². The Labute approximate surface area is 203 Å². The third-order valence-electron chi connectivity index (χ3n) is 7.43. The number of hydrogen-bond donors (Lipinski definition) is 0. The number of hydrogen-bond acceptors (Lipinski definition) is 5. The Morgan fingerprint density at radius 2 is 1.79 bits per heavy atom. The summed E-state index contributed by atoms with van der Waals surface area (Å²) in [5.74, 6) is 1.67. The standard InChI is InChI=1S/C26H45N3O3Si/c1-16(2)26(10,11)33-32-25(8,9)21-12-17(3)20-13-19-15-28(23(30)31-24(5,6)7)14-18(4)29(19)22(20)27-21/h12,16,18-19H,13-15,33H2,1-11H3/t18-,19-/m1/s1. The van der Waals surface area contributed by atoms with Gasteiger partial charge in [-0.2, -0.15) is 0 Å². The molecule has 6 nitrogen and oxygen atoms in total. The number of rotatable bonds is 5. The number of amides is 1. The van der Waals surface area contributed by atoms with Crippen LogP contribution >= 0.6 is 0 Å². The van der Waals surface area contributed by atoms with Gasteiger partial charge in [-0.25, -0.2) is 9.78 Å². The van der Waals surface area contributed by atoms with Gasteiger partial charge in [0, 0.05) is 19.1 Å². The molecule has 1 saturated heterocycles. The lowest BCUT2D eigenvalue weighted by Gasteiger charge is -2.43. The van der Waals surface area contributed by atoms with Crippen molar-refractivity contribution in [1.29, 1.82) is 0 Å². The van der Waals surface area contributed by atoms with E-state index in [2.05, 4.69) is 66.4 Å². The molecule has 7 heteroatoms. The van der Waals surface area contributed by atoms with Gasteiger partial charge in [0.15, 0.2) is 9.76 Å². The minimum atomic E-state index is -0.756. The van der Waals surface area contributed by atoms with Crippen LogP contribution in [0, 0.1) is 12.8 Å². The van der Waals surface area contributed by atoms with Crippen molar-refractivity contribution in [2.75, 3.05) is 18.0 Å². The summed E-state index contributed by atoms with van der Waals surface area (Å²) in [7, 11) is -0.756. The van der Waals surface area contributed by atoms with E-state index >= 15 is 0 Å². The summed E-state index contributed by atoms with van der Waals surface area (Å²) in [4.78, 5) is 22.2. The average molecular weight is 476 g/mol. The van der Waals surface area contributed by atoms with Gasteiger partial charge < -0.3 is 19.0 Å². The first-order chi connectivity index (χ1) is 15.0. The summed E-state index contributed by atoms with van der Waals surface area (Å²) in [6, 6.07) is 2.62. The molecule has 0 radical (unpaired) electrons. The fraction of sp³-hybridized carbons (Fsp3) is 0.769. The van der Waals surface area contributed by atoms with Crippen LogP contribution in [0.2, 0.25) is 5.04 Å². The smallest absolute Gasteiger partial charge is 0.410 e. The van der Waals surface area contributed by atoms with Crippen molar-refractivity contribution in [2.45, 2.75) is 111 Å². The number of pyridine rings is 1. The molecule has 3 heterocycles. The van der Waals surface area contributed by atoms with E-state index < -0.39 is 21.0 Å². The maximum absolute atomic E-state index is 12.7. The normalized spacial score (nSPS) is 21.7. The van der Waals surface area contributed by atoms with Gasteiger partial charge in [-0.15, -0.1) is 0 Å². The summed E-state index contributed by atoms with van der Waals surface area (Å²) in [6.45, 7) is 24.9. The lowest BCUT2D eigenvalue weighted by atomic mass is 9.99. The molecule has 0 bridgehead atoms. The zero-order chi connectivity index (χ0) is 24.9. The topological polar surface area (TPSA) is 54.9 Å². The van der Waals surface area contributed by atoms with Crippen LogP contribution in [0.4, 0.5) is 10.6 Å². The maximum Gasteiger partial charge on any atom is 0.410 e. The second-order valence-corrected chi connectivity index (χ2v) is 15.0. The highest BCUT2D eigenvalue weighted by atomic mass is 28.2. The number of nitrogens with zero attached hydrogens (tertiary/aromatic N) is 3. The van der Waals surface area contributed by atoms with Crippen molar-refractivity contribution >= 4 is 21.7 Å². The van der Waals surface area contributed by atoms with Gasteiger partial charge in [-0.05, 0) is 83.0 Å². The summed E-state index contributed by atoms with van der Waals surface area (Å²) in [6.07, 6.45) is 0.691. The molecule has 0 aromatic carbocycles. The monoisotopic (exact) mass is 475 g/mol. The second-order valence-electron chi connectivity index (χ2n) is 12.6. The first-order valence-corrected chi connectivity index (χ1v) is 13.7. The number of aromatic nitrogens is 1. The van der Waals surface area contributed by atoms with Crippen LogP contribution in [0.3, 0.4) is 0 Å². The van der Waals surface area contributed by atoms with Crippen LogP contribution in [0.25, 0.3) is 0 Å². The van der Waals surface area contributed by atoms with Gasteiger partial charge in [0.2, 0.25) is 0 Å². The molecule has 186 valence electrons. The van der Waals surface area contributed by atoms with E-state index in [9.17, 15) is 4.79 Å². The van der Waals surface area contributed by atoms with Gasteiger partial charge >= 0.3 is 6.09 Å². The highest BCUT2D eigenvalue weighted by Gasteiger charge is 2.43. The zero-order valence-corrected chi connectivity index (χ0v) is 24.1. The van der Waals surface area contributed by atoms with Crippen molar-refractivity contribution < 1.29 is 14.0 Å². The van der Waals surface area contributed by atoms with Gasteiger partial charge in [-0.1, -0.05) is 27.7 Å². The molecule has 2 atom stereocenters. The van der Waals surface area contributed by atoms with Crippen molar-refractivity contribution in [2.24, 2.45) is 5.92 Å². The molecule has 1 aromatic heterocycles. The molecular formula is C26H45N3O3Si. The van der Waals surface area contributed by atoms with E-state index in [1.807, 2.05) is 25.7 Å². The molecule has 1 fully saturated rings. The Morgan fingerprint density at radius 3 is 2.36 bits per heavy atom. The molecule has 3 rings (SSSR count). The fourth-order valence-corrected chi connectivity index (χ4v) is 5.72. The van der Waals surface area contributed by atoms with Crippen LogP contribution in [0.1, 0.15) is 86.1 Å². The Balaban J connectivity index is 1.82. The highest BCUT2D eigenvalue weighted by molar-refractivity contribution is 6.32. The van der Waals surface area contributed by atoms with E-state index in [4.69, 9.17) is 14.1 Å². The zero-order valence-electron chi connectivity index (χ0n) is 22.7. The van der Waals surface area contributed by atoms with Gasteiger partial charge in [0.1, 0.15) is 11.4 Å². The van der Waals surface area contributed by atoms with Crippen LogP contribution in [-0.4, -0.2) is 56.5 Å². The third kappa shape index (κ3) is 5.56. The highest BCUT2D eigenvalue weighted by Crippen LogP contribution is 2.40. The largest absolute Gasteiger partial charge is 0.444 e. The molecule has 0 unspecified atom stereocenters. The van der Waals surface area contributed by atoms with Crippen LogP contribution < -0.4 is 4.90 Å². The molecule has 0 aliphatic carbocycles. The molecule has 0 N–H and O–H groups in total. The maximum atomic E-state index is 12.7. The van der Waals surface area contributed by atoms with Crippen LogP contribution in [-0.2, 0) is 21.2 Å². The molecule has 33 heavy (non-hydrogen) atoms. The molecule has 0 spiro atoms. The molecule has 1 amide bonds. The van der Waals surface area contributed by atoms with E-state index in [1.54, 1.807) is 0 Å². The lowest BCUT2D eigenvalue weighted by molar-refractivity contribution is 0.0191. The second kappa shape index (κ2) is 8.88. The number of anilines is 1. The minimum Gasteiger partial charge on any atom is -0.444 e. The third-order valence-corrected chi connectivity index (χ3v) is 9.86. The van der Waals surface area contributed by atoms with E-state index in [1.165, 1.54) is 11.1 Å². The van der Waals surface area contributed by atoms with Gasteiger partial charge in [-0.3, -0.25) is 0 Å². The first-order valence-electron chi connectivity index (χ1n) is 12.4. The summed E-state index contributed by atoms with van der Waals surface area (Å²) in [5.41, 5.74) is 2.67. The molecule has 2 aliphatic heterocycles. The van der Waals surface area contributed by atoms with Crippen molar-refractivity contribution in [1.82, 2.24) is 9.88 Å². The first kappa shape index (κ1) is 26.0. The fourth-order valence-electron chi connectivity index (χ4n) is 4.50. The predicted octanol–water partition coefficient (Wildman–Crippen LogP) is 4.95. The summed E-state index contributed by atoms with van der Waals surface area (Å²) in [5, 5.41) is 0.237. The molecular weight excluding hydrogens is 430 g/mol. The van der Waals surface area contributed by atoms with E-state index in [0.717, 1.165) is 17.9 Å². The summed E-state index contributed by atoms with van der Waals surface area (Å²) >= 11 is 0. The summed E-state index contributed by atoms with van der Waals surface area (Å²) < 4.78 is 12.3. The number of piperazine rings is 1.